The van der Waals surface area contributed by atoms with Crippen LogP contribution in [0.4, 0.5) is 10.8 Å². The Kier molecular flexibility index (Phi) is 2.95. The van der Waals surface area contributed by atoms with E-state index in [9.17, 15) is 5.11 Å². The average Bonchev–Trinajstić information content (AvgIpc) is 2.98. The molecule has 6 heteroatoms. The van der Waals surface area contributed by atoms with E-state index < -0.39 is 0 Å². The Morgan fingerprint density at radius 3 is 2.94 bits per heavy atom. The molecule has 0 spiro atoms. The largest absolute Gasteiger partial charge is 0.508 e. The lowest BCUT2D eigenvalue weighted by molar-refractivity contribution is 0.475. The van der Waals surface area contributed by atoms with Crippen molar-refractivity contribution >= 4 is 33.5 Å². The molecule has 2 aromatic heterocycles. The highest BCUT2D eigenvalue weighted by atomic mass is 32.1. The molecule has 0 aliphatic rings. The van der Waals surface area contributed by atoms with Gasteiger partial charge in [-0.15, -0.1) is 22.7 Å². The van der Waals surface area contributed by atoms with Crippen molar-refractivity contribution < 1.29 is 5.11 Å². The third-order valence-electron chi connectivity index (χ3n) is 2.25. The lowest BCUT2D eigenvalue weighted by Crippen LogP contribution is -1.88. The summed E-state index contributed by atoms with van der Waals surface area (Å²) in [7, 11) is 0. The van der Waals surface area contributed by atoms with E-state index in [1.807, 2.05) is 16.8 Å². The van der Waals surface area contributed by atoms with Gasteiger partial charge in [0, 0.05) is 28.7 Å². The van der Waals surface area contributed by atoms with Crippen LogP contribution in [0.1, 0.15) is 0 Å². The molecule has 4 nitrogen and oxygen atoms in total. The smallest absolute Gasteiger partial charge is 0.187 e. The van der Waals surface area contributed by atoms with Gasteiger partial charge < -0.3 is 10.4 Å². The first-order chi connectivity index (χ1) is 8.81. The topological polar surface area (TPSA) is 58.0 Å². The quantitative estimate of drug-likeness (QED) is 0.765. The first kappa shape index (κ1) is 11.2. The predicted molar refractivity (Wildman–Crippen MR) is 74.6 cm³/mol. The summed E-state index contributed by atoms with van der Waals surface area (Å²) in [5.74, 6) is 0.233. The Hall–Kier alpha value is -1.92. The molecule has 18 heavy (non-hydrogen) atoms. The first-order valence-corrected chi connectivity index (χ1v) is 6.98. The Bertz CT molecular complexity index is 649. The predicted octanol–water partition coefficient (Wildman–Crippen LogP) is 3.72. The number of aromatic nitrogens is 2. The van der Waals surface area contributed by atoms with Gasteiger partial charge >= 0.3 is 0 Å². The molecule has 0 radical (unpaired) electrons. The van der Waals surface area contributed by atoms with Crippen LogP contribution in [0.25, 0.3) is 10.7 Å². The highest BCUT2D eigenvalue weighted by Crippen LogP contribution is 2.28. The van der Waals surface area contributed by atoms with Gasteiger partial charge in [-0.1, -0.05) is 6.07 Å². The summed E-state index contributed by atoms with van der Waals surface area (Å²) in [6.07, 6.45) is 1.77. The summed E-state index contributed by atoms with van der Waals surface area (Å²) < 4.78 is 0. The van der Waals surface area contributed by atoms with Gasteiger partial charge in [0.15, 0.2) is 5.13 Å². The minimum atomic E-state index is 0.233. The maximum Gasteiger partial charge on any atom is 0.187 e. The number of phenolic OH excluding ortho intramolecular Hbond substituents is 1. The summed E-state index contributed by atoms with van der Waals surface area (Å²) >= 11 is 3.07. The van der Waals surface area contributed by atoms with Gasteiger partial charge in [0.05, 0.1) is 0 Å². The van der Waals surface area contributed by atoms with Crippen LogP contribution in [0.15, 0.2) is 41.2 Å². The van der Waals surface area contributed by atoms with Crippen molar-refractivity contribution in [2.75, 3.05) is 5.32 Å². The molecular weight excluding hydrogens is 266 g/mol. The number of anilines is 2. The molecule has 0 atom stereocenters. The molecule has 0 saturated heterocycles. The average molecular weight is 275 g/mol. The fourth-order valence-corrected chi connectivity index (χ4v) is 2.87. The van der Waals surface area contributed by atoms with Crippen LogP contribution in [-0.4, -0.2) is 15.1 Å². The molecule has 0 bridgehead atoms. The maximum atomic E-state index is 9.38. The Morgan fingerprint density at radius 1 is 1.22 bits per heavy atom. The number of thiazole rings is 2. The number of hydrogen-bond donors (Lipinski definition) is 2. The summed E-state index contributed by atoms with van der Waals surface area (Å²) in [6.45, 7) is 0. The fourth-order valence-electron chi connectivity index (χ4n) is 1.49. The number of nitrogens with one attached hydrogen (secondary N) is 1. The number of phenols is 1. The Morgan fingerprint density at radius 2 is 2.17 bits per heavy atom. The van der Waals surface area contributed by atoms with E-state index in [2.05, 4.69) is 15.3 Å². The molecule has 0 aliphatic carbocycles. The zero-order chi connectivity index (χ0) is 12.4. The second kappa shape index (κ2) is 4.75. The molecule has 0 unspecified atom stereocenters. The van der Waals surface area contributed by atoms with E-state index in [4.69, 9.17) is 0 Å². The van der Waals surface area contributed by atoms with Crippen LogP contribution < -0.4 is 5.32 Å². The molecule has 3 aromatic rings. The van der Waals surface area contributed by atoms with E-state index in [0.29, 0.717) is 0 Å². The number of hydrogen-bond acceptors (Lipinski definition) is 6. The van der Waals surface area contributed by atoms with Crippen LogP contribution in [0.5, 0.6) is 5.75 Å². The maximum absolute atomic E-state index is 9.38. The molecule has 2 N–H and O–H groups in total. The monoisotopic (exact) mass is 275 g/mol. The van der Waals surface area contributed by atoms with Crippen LogP contribution in [0.2, 0.25) is 0 Å². The van der Waals surface area contributed by atoms with Gasteiger partial charge in [-0.25, -0.2) is 9.97 Å². The Labute approximate surface area is 112 Å². The standard InChI is InChI=1S/C12H9N3OS2/c16-9-3-1-2-8(6-9)14-12-15-10(7-18-12)11-13-4-5-17-11/h1-7,16H,(H,14,15). The van der Waals surface area contributed by atoms with E-state index in [1.165, 1.54) is 11.3 Å². The lowest BCUT2D eigenvalue weighted by Gasteiger charge is -2.01. The van der Waals surface area contributed by atoms with Gasteiger partial charge in [-0.2, -0.15) is 0 Å². The third kappa shape index (κ3) is 2.34. The molecular formula is C12H9N3OS2. The highest BCUT2D eigenvalue weighted by molar-refractivity contribution is 7.15. The van der Waals surface area contributed by atoms with Crippen LogP contribution in [0, 0.1) is 0 Å². The summed E-state index contributed by atoms with van der Waals surface area (Å²) in [5, 5.41) is 18.1. The normalized spacial score (nSPS) is 10.4. The van der Waals surface area contributed by atoms with E-state index in [-0.39, 0.29) is 5.75 Å². The summed E-state index contributed by atoms with van der Waals surface area (Å²) in [5.41, 5.74) is 1.69. The summed E-state index contributed by atoms with van der Waals surface area (Å²) in [6, 6.07) is 6.95. The molecule has 2 heterocycles. The number of rotatable bonds is 3. The van der Waals surface area contributed by atoms with Crippen molar-refractivity contribution in [1.82, 2.24) is 9.97 Å². The third-order valence-corrected chi connectivity index (χ3v) is 3.81. The molecule has 90 valence electrons. The molecule has 3 rings (SSSR count). The first-order valence-electron chi connectivity index (χ1n) is 5.23. The summed E-state index contributed by atoms with van der Waals surface area (Å²) in [4.78, 5) is 8.67. The van der Waals surface area contributed by atoms with Crippen molar-refractivity contribution in [3.05, 3.63) is 41.2 Å². The molecule has 0 fully saturated rings. The minimum absolute atomic E-state index is 0.233. The van der Waals surface area contributed by atoms with Gasteiger partial charge in [-0.05, 0) is 12.1 Å². The lowest BCUT2D eigenvalue weighted by atomic mass is 10.3. The van der Waals surface area contributed by atoms with E-state index in [0.717, 1.165) is 21.5 Å². The number of nitrogens with zero attached hydrogens (tertiary/aromatic N) is 2. The number of aromatic hydroxyl groups is 1. The molecule has 0 aliphatic heterocycles. The zero-order valence-electron chi connectivity index (χ0n) is 9.20. The van der Waals surface area contributed by atoms with Gasteiger partial charge in [0.1, 0.15) is 16.5 Å². The van der Waals surface area contributed by atoms with Gasteiger partial charge in [0.2, 0.25) is 0 Å². The van der Waals surface area contributed by atoms with Crippen LogP contribution in [-0.2, 0) is 0 Å². The van der Waals surface area contributed by atoms with E-state index >= 15 is 0 Å². The SMILES string of the molecule is Oc1cccc(Nc2nc(-c3nccs3)cs2)c1. The van der Waals surface area contributed by atoms with Crippen molar-refractivity contribution in [2.24, 2.45) is 0 Å². The van der Waals surface area contributed by atoms with Crippen molar-refractivity contribution in [3.8, 4) is 16.5 Å². The van der Waals surface area contributed by atoms with Crippen molar-refractivity contribution in [2.45, 2.75) is 0 Å². The Balaban J connectivity index is 1.82. The highest BCUT2D eigenvalue weighted by Gasteiger charge is 2.06. The van der Waals surface area contributed by atoms with Crippen molar-refractivity contribution in [3.63, 3.8) is 0 Å². The molecule has 0 amide bonds. The zero-order valence-corrected chi connectivity index (χ0v) is 10.8. The minimum Gasteiger partial charge on any atom is -0.508 e. The van der Waals surface area contributed by atoms with Gasteiger partial charge in [-0.3, -0.25) is 0 Å². The molecule has 1 aromatic carbocycles. The fraction of sp³-hybridized carbons (Fsp3) is 0. The second-order valence-corrected chi connectivity index (χ2v) is 5.30. The van der Waals surface area contributed by atoms with E-state index in [1.54, 1.807) is 35.7 Å². The number of benzene rings is 1. The second-order valence-electron chi connectivity index (χ2n) is 3.55. The van der Waals surface area contributed by atoms with Crippen molar-refractivity contribution in [1.29, 1.82) is 0 Å². The molecule has 0 saturated carbocycles. The van der Waals surface area contributed by atoms with Gasteiger partial charge in [0.25, 0.3) is 0 Å². The van der Waals surface area contributed by atoms with Crippen LogP contribution >= 0.6 is 22.7 Å². The van der Waals surface area contributed by atoms with Crippen LogP contribution in [0.3, 0.4) is 0 Å².